The van der Waals surface area contributed by atoms with E-state index in [1.165, 1.54) is 13.5 Å². The van der Waals surface area contributed by atoms with Crippen molar-refractivity contribution < 1.29 is 14.6 Å². The highest BCUT2D eigenvalue weighted by Gasteiger charge is 2.32. The Labute approximate surface area is 125 Å². The third-order valence-electron chi connectivity index (χ3n) is 4.38. The number of anilines is 1. The van der Waals surface area contributed by atoms with Crippen molar-refractivity contribution in [1.82, 2.24) is 5.32 Å². The molecule has 2 rings (SSSR count). The lowest BCUT2D eigenvalue weighted by Crippen LogP contribution is -2.41. The molecule has 5 heteroatoms. The highest BCUT2D eigenvalue weighted by atomic mass is 16.5. The average Bonchev–Trinajstić information content (AvgIpc) is 2.53. The van der Waals surface area contributed by atoms with Gasteiger partial charge in [-0.25, -0.2) is 0 Å². The summed E-state index contributed by atoms with van der Waals surface area (Å²) in [6.45, 7) is 0.578. The number of nitrogen functional groups attached to an aromatic ring is 1. The predicted octanol–water partition coefficient (Wildman–Crippen LogP) is 1.95. The Hall–Kier alpha value is -1.75. The number of amides is 1. The molecule has 1 saturated carbocycles. The van der Waals surface area contributed by atoms with E-state index in [1.54, 1.807) is 18.2 Å². The third-order valence-corrected chi connectivity index (χ3v) is 4.38. The van der Waals surface area contributed by atoms with Gasteiger partial charge in [0, 0.05) is 17.6 Å². The molecule has 0 spiro atoms. The highest BCUT2D eigenvalue weighted by Crippen LogP contribution is 2.35. The van der Waals surface area contributed by atoms with E-state index >= 15 is 0 Å². The van der Waals surface area contributed by atoms with Crippen LogP contribution >= 0.6 is 0 Å². The minimum atomic E-state index is -0.247. The molecule has 0 unspecified atom stereocenters. The molecule has 0 aromatic heterocycles. The first-order chi connectivity index (χ1) is 10.1. The first-order valence-corrected chi connectivity index (χ1v) is 7.43. The molecule has 0 saturated heterocycles. The highest BCUT2D eigenvalue weighted by molar-refractivity contribution is 6.01. The lowest BCUT2D eigenvalue weighted by molar-refractivity contribution is 0.0717. The van der Waals surface area contributed by atoms with Crippen molar-refractivity contribution in [1.29, 1.82) is 0 Å². The van der Waals surface area contributed by atoms with Crippen LogP contribution in [0.5, 0.6) is 5.75 Å². The number of aliphatic hydroxyl groups is 1. The van der Waals surface area contributed by atoms with E-state index in [0.717, 1.165) is 25.7 Å². The number of ether oxygens (including phenoxy) is 1. The van der Waals surface area contributed by atoms with Crippen LogP contribution in [0.15, 0.2) is 18.2 Å². The first kappa shape index (κ1) is 15.6. The Balaban J connectivity index is 2.08. The molecule has 0 radical (unpaired) electrons. The van der Waals surface area contributed by atoms with Gasteiger partial charge in [0.25, 0.3) is 5.91 Å². The van der Waals surface area contributed by atoms with Crippen LogP contribution in [0.4, 0.5) is 5.69 Å². The summed E-state index contributed by atoms with van der Waals surface area (Å²) >= 11 is 0. The van der Waals surface area contributed by atoms with E-state index in [1.807, 2.05) is 0 Å². The number of aliphatic hydroxyl groups excluding tert-OH is 1. The molecule has 0 bridgehead atoms. The van der Waals surface area contributed by atoms with Gasteiger partial charge in [0.05, 0.1) is 13.7 Å². The molecule has 1 aliphatic carbocycles. The Morgan fingerprint density at radius 3 is 2.71 bits per heavy atom. The molecule has 0 aliphatic heterocycles. The number of carbonyl (C=O) groups is 1. The second kappa shape index (κ2) is 6.80. The van der Waals surface area contributed by atoms with Crippen LogP contribution in [0.2, 0.25) is 0 Å². The Morgan fingerprint density at radius 2 is 2.10 bits per heavy atom. The van der Waals surface area contributed by atoms with Crippen molar-refractivity contribution in [3.8, 4) is 5.75 Å². The van der Waals surface area contributed by atoms with Gasteiger partial charge >= 0.3 is 0 Å². The number of nitrogens with two attached hydrogens (primary N) is 1. The van der Waals surface area contributed by atoms with Gasteiger partial charge in [0.1, 0.15) is 11.3 Å². The molecule has 1 fully saturated rings. The van der Waals surface area contributed by atoms with Gasteiger partial charge in [0.2, 0.25) is 0 Å². The molecule has 1 aliphatic rings. The minimum Gasteiger partial charge on any atom is -0.496 e. The smallest absolute Gasteiger partial charge is 0.257 e. The summed E-state index contributed by atoms with van der Waals surface area (Å²) in [5.74, 6) is 0.220. The normalized spacial score (nSPS) is 17.2. The molecular formula is C16H24N2O3. The van der Waals surface area contributed by atoms with Crippen molar-refractivity contribution in [2.24, 2.45) is 5.41 Å². The molecule has 116 valence electrons. The van der Waals surface area contributed by atoms with E-state index in [-0.39, 0.29) is 17.9 Å². The fourth-order valence-corrected chi connectivity index (χ4v) is 3.01. The number of benzene rings is 1. The maximum atomic E-state index is 12.4. The van der Waals surface area contributed by atoms with Crippen molar-refractivity contribution >= 4 is 11.6 Å². The third kappa shape index (κ3) is 3.47. The molecule has 1 aromatic carbocycles. The zero-order chi connectivity index (χ0) is 15.3. The van der Waals surface area contributed by atoms with Gasteiger partial charge in [-0.05, 0) is 25.0 Å². The molecule has 1 amide bonds. The van der Waals surface area contributed by atoms with Crippen LogP contribution in [-0.2, 0) is 0 Å². The minimum absolute atomic E-state index is 0.106. The second-order valence-corrected chi connectivity index (χ2v) is 5.83. The average molecular weight is 292 g/mol. The molecular weight excluding hydrogens is 268 g/mol. The van der Waals surface area contributed by atoms with Gasteiger partial charge in [-0.3, -0.25) is 4.79 Å². The first-order valence-electron chi connectivity index (χ1n) is 7.43. The lowest BCUT2D eigenvalue weighted by atomic mass is 9.74. The summed E-state index contributed by atoms with van der Waals surface area (Å²) in [5, 5.41) is 12.6. The monoisotopic (exact) mass is 292 g/mol. The fraction of sp³-hybridized carbons (Fsp3) is 0.562. The van der Waals surface area contributed by atoms with Gasteiger partial charge < -0.3 is 20.9 Å². The van der Waals surface area contributed by atoms with Gasteiger partial charge in [-0.2, -0.15) is 0 Å². The summed E-state index contributed by atoms with van der Waals surface area (Å²) in [6, 6.07) is 5.15. The molecule has 0 heterocycles. The Kier molecular flexibility index (Phi) is 5.07. The SMILES string of the molecule is COc1cccc(N)c1C(=O)NCC1(CO)CCCCC1. The Bertz CT molecular complexity index is 496. The standard InChI is InChI=1S/C16H24N2O3/c1-21-13-7-5-6-12(17)14(13)15(20)18-10-16(11-19)8-3-2-4-9-16/h5-7,19H,2-4,8-11,17H2,1H3,(H,18,20). The van der Waals surface area contributed by atoms with E-state index in [2.05, 4.69) is 5.32 Å². The summed E-state index contributed by atoms with van der Waals surface area (Å²) < 4.78 is 5.20. The summed E-state index contributed by atoms with van der Waals surface area (Å²) in [5.41, 5.74) is 6.45. The van der Waals surface area contributed by atoms with Crippen LogP contribution in [0.1, 0.15) is 42.5 Å². The van der Waals surface area contributed by atoms with Crippen LogP contribution in [0.25, 0.3) is 0 Å². The van der Waals surface area contributed by atoms with Crippen molar-refractivity contribution in [2.75, 3.05) is 26.0 Å². The van der Waals surface area contributed by atoms with Gasteiger partial charge in [-0.1, -0.05) is 25.3 Å². The topological polar surface area (TPSA) is 84.6 Å². The van der Waals surface area contributed by atoms with E-state index in [9.17, 15) is 9.90 Å². The number of methoxy groups -OCH3 is 1. The number of hydrogen-bond acceptors (Lipinski definition) is 4. The molecule has 21 heavy (non-hydrogen) atoms. The Morgan fingerprint density at radius 1 is 1.38 bits per heavy atom. The second-order valence-electron chi connectivity index (χ2n) is 5.83. The maximum Gasteiger partial charge on any atom is 0.257 e. The zero-order valence-electron chi connectivity index (χ0n) is 12.5. The van der Waals surface area contributed by atoms with E-state index in [4.69, 9.17) is 10.5 Å². The van der Waals surface area contributed by atoms with Gasteiger partial charge in [-0.15, -0.1) is 0 Å². The summed E-state index contributed by atoms with van der Waals surface area (Å²) in [4.78, 5) is 12.4. The molecule has 5 nitrogen and oxygen atoms in total. The largest absolute Gasteiger partial charge is 0.496 e. The predicted molar refractivity (Wildman–Crippen MR) is 82.3 cm³/mol. The van der Waals surface area contributed by atoms with Crippen molar-refractivity contribution in [2.45, 2.75) is 32.1 Å². The summed E-state index contributed by atoms with van der Waals surface area (Å²) in [6.07, 6.45) is 5.31. The van der Waals surface area contributed by atoms with Crippen molar-refractivity contribution in [3.05, 3.63) is 23.8 Å². The molecule has 0 atom stereocenters. The number of carbonyl (C=O) groups excluding carboxylic acids is 1. The molecule has 1 aromatic rings. The van der Waals surface area contributed by atoms with Crippen molar-refractivity contribution in [3.63, 3.8) is 0 Å². The van der Waals surface area contributed by atoms with Crippen LogP contribution in [-0.4, -0.2) is 31.3 Å². The van der Waals surface area contributed by atoms with E-state index < -0.39 is 0 Å². The van der Waals surface area contributed by atoms with Crippen LogP contribution < -0.4 is 15.8 Å². The van der Waals surface area contributed by atoms with Gasteiger partial charge in [0.15, 0.2) is 0 Å². The number of hydrogen-bond donors (Lipinski definition) is 3. The fourth-order valence-electron chi connectivity index (χ4n) is 3.01. The molecule has 4 N–H and O–H groups in total. The maximum absolute atomic E-state index is 12.4. The number of rotatable bonds is 5. The quantitative estimate of drug-likeness (QED) is 0.724. The zero-order valence-corrected chi connectivity index (χ0v) is 12.5. The summed E-state index contributed by atoms with van der Waals surface area (Å²) in [7, 11) is 1.52. The number of nitrogens with one attached hydrogen (secondary N) is 1. The lowest BCUT2D eigenvalue weighted by Gasteiger charge is -2.35. The van der Waals surface area contributed by atoms with E-state index in [0.29, 0.717) is 23.5 Å². The van der Waals surface area contributed by atoms with Crippen LogP contribution in [0.3, 0.4) is 0 Å². The van der Waals surface area contributed by atoms with Crippen LogP contribution in [0, 0.1) is 5.41 Å².